The Balaban J connectivity index is 1.30. The molecule has 2 aromatic carbocycles. The minimum Gasteiger partial charge on any atom is -0.497 e. The van der Waals surface area contributed by atoms with Gasteiger partial charge in [-0.25, -0.2) is 4.79 Å². The standard InChI is InChI=1S/C23H29NO4/c1-26-21-8-5-9-22(14-21)27-16-20-12-10-18(11-13-20)15-24-23(25)28-17-19-6-3-2-4-7-19/h2-9,14,18,20H,10-13,15-17H2,1H3,(H,24,25). The van der Waals surface area contributed by atoms with Gasteiger partial charge in [-0.2, -0.15) is 0 Å². The molecule has 1 aliphatic rings. The van der Waals surface area contributed by atoms with E-state index < -0.39 is 0 Å². The normalized spacial score (nSPS) is 18.9. The lowest BCUT2D eigenvalue weighted by Crippen LogP contribution is -2.32. The molecule has 1 amide bonds. The number of ether oxygens (including phenoxy) is 3. The van der Waals surface area contributed by atoms with Crippen molar-refractivity contribution in [2.24, 2.45) is 11.8 Å². The van der Waals surface area contributed by atoms with E-state index in [1.807, 2.05) is 54.6 Å². The van der Waals surface area contributed by atoms with Gasteiger partial charge >= 0.3 is 6.09 Å². The summed E-state index contributed by atoms with van der Waals surface area (Å²) in [4.78, 5) is 11.9. The molecule has 0 spiro atoms. The summed E-state index contributed by atoms with van der Waals surface area (Å²) in [5, 5.41) is 2.90. The Hall–Kier alpha value is -2.69. The summed E-state index contributed by atoms with van der Waals surface area (Å²) in [5.41, 5.74) is 0.995. The second-order valence-corrected chi connectivity index (χ2v) is 7.32. The van der Waals surface area contributed by atoms with Crippen LogP contribution in [-0.4, -0.2) is 26.4 Å². The van der Waals surface area contributed by atoms with Crippen LogP contribution in [0, 0.1) is 11.8 Å². The molecule has 1 fully saturated rings. The maximum atomic E-state index is 11.9. The summed E-state index contributed by atoms with van der Waals surface area (Å²) in [6, 6.07) is 17.4. The molecule has 0 aromatic heterocycles. The number of carbonyl (C=O) groups excluding carboxylic acids is 1. The van der Waals surface area contributed by atoms with Gasteiger partial charge in [-0.1, -0.05) is 36.4 Å². The van der Waals surface area contributed by atoms with Crippen LogP contribution in [0.5, 0.6) is 11.5 Å². The van der Waals surface area contributed by atoms with Crippen LogP contribution in [0.2, 0.25) is 0 Å². The lowest BCUT2D eigenvalue weighted by Gasteiger charge is -2.28. The lowest BCUT2D eigenvalue weighted by atomic mass is 9.82. The minimum atomic E-state index is -0.340. The molecular weight excluding hydrogens is 354 g/mol. The molecule has 5 heteroatoms. The fourth-order valence-corrected chi connectivity index (χ4v) is 3.51. The van der Waals surface area contributed by atoms with Crippen LogP contribution in [0.4, 0.5) is 4.79 Å². The van der Waals surface area contributed by atoms with Gasteiger partial charge in [0.05, 0.1) is 13.7 Å². The zero-order chi connectivity index (χ0) is 19.6. The molecule has 150 valence electrons. The van der Waals surface area contributed by atoms with Crippen LogP contribution in [0.3, 0.4) is 0 Å². The van der Waals surface area contributed by atoms with Crippen LogP contribution < -0.4 is 14.8 Å². The van der Waals surface area contributed by atoms with E-state index in [0.29, 0.717) is 25.0 Å². The van der Waals surface area contributed by atoms with Crippen LogP contribution in [0.15, 0.2) is 54.6 Å². The Bertz CT molecular complexity index is 726. The van der Waals surface area contributed by atoms with E-state index >= 15 is 0 Å². The van der Waals surface area contributed by atoms with E-state index in [1.54, 1.807) is 7.11 Å². The number of hydrogen-bond acceptors (Lipinski definition) is 4. The van der Waals surface area contributed by atoms with Gasteiger partial charge in [-0.05, 0) is 55.2 Å². The molecule has 28 heavy (non-hydrogen) atoms. The number of carbonyl (C=O) groups is 1. The van der Waals surface area contributed by atoms with Crippen molar-refractivity contribution in [1.82, 2.24) is 5.32 Å². The Morgan fingerprint density at radius 1 is 0.964 bits per heavy atom. The van der Waals surface area contributed by atoms with Crippen molar-refractivity contribution in [3.63, 3.8) is 0 Å². The van der Waals surface area contributed by atoms with Gasteiger partial charge < -0.3 is 19.5 Å². The molecule has 1 N–H and O–H groups in total. The zero-order valence-electron chi connectivity index (χ0n) is 16.4. The van der Waals surface area contributed by atoms with Gasteiger partial charge in [0.15, 0.2) is 0 Å². The largest absolute Gasteiger partial charge is 0.497 e. The third-order valence-electron chi connectivity index (χ3n) is 5.24. The first-order valence-corrected chi connectivity index (χ1v) is 9.94. The van der Waals surface area contributed by atoms with E-state index in [-0.39, 0.29) is 6.09 Å². The molecular formula is C23H29NO4. The monoisotopic (exact) mass is 383 g/mol. The predicted octanol–water partition coefficient (Wildman–Crippen LogP) is 4.81. The highest BCUT2D eigenvalue weighted by molar-refractivity contribution is 5.67. The summed E-state index contributed by atoms with van der Waals surface area (Å²) in [6.45, 7) is 1.71. The van der Waals surface area contributed by atoms with E-state index in [2.05, 4.69) is 5.32 Å². The summed E-state index contributed by atoms with van der Waals surface area (Å²) >= 11 is 0. The molecule has 3 rings (SSSR count). The van der Waals surface area contributed by atoms with E-state index in [9.17, 15) is 4.79 Å². The highest BCUT2D eigenvalue weighted by atomic mass is 16.5. The fraction of sp³-hybridized carbons (Fsp3) is 0.435. The van der Waals surface area contributed by atoms with Gasteiger partial charge in [-0.15, -0.1) is 0 Å². The third-order valence-corrected chi connectivity index (χ3v) is 5.24. The quantitative estimate of drug-likeness (QED) is 0.711. The summed E-state index contributed by atoms with van der Waals surface area (Å²) in [5.74, 6) is 2.74. The topological polar surface area (TPSA) is 56.8 Å². The Morgan fingerprint density at radius 2 is 1.68 bits per heavy atom. The molecule has 0 unspecified atom stereocenters. The van der Waals surface area contributed by atoms with Crippen molar-refractivity contribution in [3.05, 3.63) is 60.2 Å². The van der Waals surface area contributed by atoms with Gasteiger partial charge in [0.25, 0.3) is 0 Å². The summed E-state index contributed by atoms with van der Waals surface area (Å²) in [7, 11) is 1.66. The second kappa shape index (κ2) is 10.6. The van der Waals surface area contributed by atoms with Crippen LogP contribution in [0.25, 0.3) is 0 Å². The van der Waals surface area contributed by atoms with Crippen LogP contribution in [-0.2, 0) is 11.3 Å². The molecule has 2 aromatic rings. The maximum Gasteiger partial charge on any atom is 0.407 e. The van der Waals surface area contributed by atoms with E-state index in [4.69, 9.17) is 14.2 Å². The summed E-state index contributed by atoms with van der Waals surface area (Å²) in [6.07, 6.45) is 4.10. The zero-order valence-corrected chi connectivity index (χ0v) is 16.4. The second-order valence-electron chi connectivity index (χ2n) is 7.32. The maximum absolute atomic E-state index is 11.9. The van der Waals surface area contributed by atoms with Crippen molar-refractivity contribution in [1.29, 1.82) is 0 Å². The van der Waals surface area contributed by atoms with Crippen molar-refractivity contribution in [2.45, 2.75) is 32.3 Å². The molecule has 0 aliphatic heterocycles. The number of benzene rings is 2. The molecule has 0 radical (unpaired) electrons. The van der Waals surface area contributed by atoms with Crippen LogP contribution in [0.1, 0.15) is 31.2 Å². The number of hydrogen-bond donors (Lipinski definition) is 1. The molecule has 0 bridgehead atoms. The predicted molar refractivity (Wildman–Crippen MR) is 109 cm³/mol. The van der Waals surface area contributed by atoms with E-state index in [0.717, 1.165) is 49.4 Å². The van der Waals surface area contributed by atoms with E-state index in [1.165, 1.54) is 0 Å². The Kier molecular flexibility index (Phi) is 7.59. The lowest BCUT2D eigenvalue weighted by molar-refractivity contribution is 0.134. The molecule has 5 nitrogen and oxygen atoms in total. The van der Waals surface area contributed by atoms with Crippen molar-refractivity contribution in [2.75, 3.05) is 20.3 Å². The van der Waals surface area contributed by atoms with Crippen molar-refractivity contribution < 1.29 is 19.0 Å². The van der Waals surface area contributed by atoms with Gasteiger partial charge in [0.2, 0.25) is 0 Å². The van der Waals surface area contributed by atoms with Gasteiger partial charge in [0.1, 0.15) is 18.1 Å². The first kappa shape index (κ1) is 20.1. The highest BCUT2D eigenvalue weighted by Crippen LogP contribution is 2.29. The average Bonchev–Trinajstić information content (AvgIpc) is 2.76. The Labute approximate surface area is 167 Å². The number of amides is 1. The number of rotatable bonds is 8. The van der Waals surface area contributed by atoms with Gasteiger partial charge in [-0.3, -0.25) is 0 Å². The minimum absolute atomic E-state index is 0.307. The number of nitrogens with one attached hydrogen (secondary N) is 1. The fourth-order valence-electron chi connectivity index (χ4n) is 3.51. The Morgan fingerprint density at radius 3 is 2.43 bits per heavy atom. The SMILES string of the molecule is COc1cccc(OCC2CCC(CNC(=O)OCc3ccccc3)CC2)c1. The smallest absolute Gasteiger partial charge is 0.407 e. The number of methoxy groups -OCH3 is 1. The molecule has 0 atom stereocenters. The summed E-state index contributed by atoms with van der Waals surface area (Å²) < 4.78 is 16.4. The van der Waals surface area contributed by atoms with Crippen LogP contribution >= 0.6 is 0 Å². The average molecular weight is 383 g/mol. The molecule has 0 heterocycles. The highest BCUT2D eigenvalue weighted by Gasteiger charge is 2.22. The third kappa shape index (κ3) is 6.48. The molecule has 0 saturated heterocycles. The van der Waals surface area contributed by atoms with Gasteiger partial charge in [0, 0.05) is 12.6 Å². The van der Waals surface area contributed by atoms with Crippen molar-refractivity contribution in [3.8, 4) is 11.5 Å². The number of alkyl carbamates (subject to hydrolysis) is 1. The first-order chi connectivity index (χ1) is 13.7. The first-order valence-electron chi connectivity index (χ1n) is 9.94. The van der Waals surface area contributed by atoms with Crippen molar-refractivity contribution >= 4 is 6.09 Å². The molecule has 1 saturated carbocycles. The molecule has 1 aliphatic carbocycles.